The smallest absolute Gasteiger partial charge is 0.119 e. The third kappa shape index (κ3) is 3.98. The molecule has 0 saturated heterocycles. The van der Waals surface area contributed by atoms with Gasteiger partial charge in [0.15, 0.2) is 0 Å². The van der Waals surface area contributed by atoms with Gasteiger partial charge in [-0.15, -0.1) is 0 Å². The third-order valence-electron chi connectivity index (χ3n) is 3.95. The number of ether oxygens (including phenoxy) is 1. The van der Waals surface area contributed by atoms with E-state index in [4.69, 9.17) is 10.00 Å². The quantitative estimate of drug-likeness (QED) is 0.749. The number of nitriles is 1. The summed E-state index contributed by atoms with van der Waals surface area (Å²) < 4.78 is 5.96. The van der Waals surface area contributed by atoms with Crippen molar-refractivity contribution in [1.29, 1.82) is 5.26 Å². The first-order valence-corrected chi connectivity index (χ1v) is 8.05. The fraction of sp³-hybridized carbons (Fsp3) is 0.562. The summed E-state index contributed by atoms with van der Waals surface area (Å²) in [4.78, 5) is 0. The minimum absolute atomic E-state index is 0.309. The van der Waals surface area contributed by atoms with E-state index in [-0.39, 0.29) is 0 Å². The van der Waals surface area contributed by atoms with Crippen molar-refractivity contribution in [2.75, 3.05) is 11.9 Å². The van der Waals surface area contributed by atoms with Crippen LogP contribution < -0.4 is 4.74 Å². The van der Waals surface area contributed by atoms with Crippen molar-refractivity contribution < 1.29 is 4.74 Å². The van der Waals surface area contributed by atoms with E-state index in [1.165, 1.54) is 32.1 Å². The molecule has 1 aromatic rings. The first-order chi connectivity index (χ1) is 9.28. The average molecular weight is 322 g/mol. The normalized spacial score (nSPS) is 17.7. The molecule has 1 fully saturated rings. The zero-order valence-corrected chi connectivity index (χ0v) is 12.8. The van der Waals surface area contributed by atoms with Gasteiger partial charge in [-0.3, -0.25) is 0 Å². The van der Waals surface area contributed by atoms with Crippen LogP contribution in [-0.4, -0.2) is 11.9 Å². The predicted octanol–water partition coefficient (Wildman–Crippen LogP) is 4.48. The van der Waals surface area contributed by atoms with E-state index in [1.54, 1.807) is 0 Å². The van der Waals surface area contributed by atoms with E-state index >= 15 is 0 Å². The molecular formula is C16H20BrNO. The molecule has 0 radical (unpaired) electrons. The molecule has 0 amide bonds. The van der Waals surface area contributed by atoms with Gasteiger partial charge in [-0.1, -0.05) is 47.3 Å². The summed E-state index contributed by atoms with van der Waals surface area (Å²) in [6.07, 6.45) is 6.96. The van der Waals surface area contributed by atoms with Crippen molar-refractivity contribution in [3.8, 4) is 11.8 Å². The number of hydrogen-bond acceptors (Lipinski definition) is 2. The van der Waals surface area contributed by atoms with Crippen LogP contribution in [0.15, 0.2) is 24.3 Å². The zero-order valence-electron chi connectivity index (χ0n) is 11.2. The van der Waals surface area contributed by atoms with Gasteiger partial charge in [0.05, 0.1) is 19.1 Å². The van der Waals surface area contributed by atoms with Crippen LogP contribution in [0.3, 0.4) is 0 Å². The summed E-state index contributed by atoms with van der Waals surface area (Å²) in [6, 6.07) is 10.0. The van der Waals surface area contributed by atoms with Crippen LogP contribution in [0.25, 0.3) is 0 Å². The number of halogens is 1. The Balaban J connectivity index is 1.92. The van der Waals surface area contributed by atoms with E-state index in [9.17, 15) is 0 Å². The highest BCUT2D eigenvalue weighted by Crippen LogP contribution is 2.38. The molecule has 1 aliphatic rings. The Morgan fingerprint density at radius 2 is 1.84 bits per heavy atom. The van der Waals surface area contributed by atoms with Crippen molar-refractivity contribution >= 4 is 15.9 Å². The van der Waals surface area contributed by atoms with E-state index in [2.05, 4.69) is 22.0 Å². The maximum atomic E-state index is 8.64. The summed E-state index contributed by atoms with van der Waals surface area (Å²) >= 11 is 3.66. The Kier molecular flexibility index (Phi) is 5.27. The monoisotopic (exact) mass is 321 g/mol. The molecule has 0 unspecified atom stereocenters. The molecule has 0 aromatic heterocycles. The third-order valence-corrected chi connectivity index (χ3v) is 5.14. The second-order valence-electron chi connectivity index (χ2n) is 5.46. The van der Waals surface area contributed by atoms with Crippen molar-refractivity contribution in [2.45, 2.75) is 38.5 Å². The van der Waals surface area contributed by atoms with Gasteiger partial charge in [-0.25, -0.2) is 0 Å². The van der Waals surface area contributed by atoms with E-state index < -0.39 is 0 Å². The summed E-state index contributed by atoms with van der Waals surface area (Å²) in [5.41, 5.74) is 1.35. The highest BCUT2D eigenvalue weighted by molar-refractivity contribution is 9.09. The average Bonchev–Trinajstić information content (AvgIpc) is 2.48. The molecule has 2 nitrogen and oxygen atoms in total. The molecule has 19 heavy (non-hydrogen) atoms. The van der Waals surface area contributed by atoms with Crippen LogP contribution in [0.5, 0.6) is 5.75 Å². The Morgan fingerprint density at radius 1 is 1.16 bits per heavy atom. The maximum absolute atomic E-state index is 8.64. The molecule has 0 spiro atoms. The lowest BCUT2D eigenvalue weighted by Crippen LogP contribution is -2.32. The maximum Gasteiger partial charge on any atom is 0.119 e. The number of nitrogens with zero attached hydrogens (tertiary/aromatic N) is 1. The molecule has 0 atom stereocenters. The summed E-state index contributed by atoms with van der Waals surface area (Å²) in [6.45, 7) is 0.788. The fourth-order valence-electron chi connectivity index (χ4n) is 2.65. The van der Waals surface area contributed by atoms with E-state index in [0.29, 0.717) is 11.8 Å². The Morgan fingerprint density at radius 3 is 2.42 bits per heavy atom. The Hall–Kier alpha value is -1.01. The first kappa shape index (κ1) is 14.4. The standard InChI is InChI=1S/C16H20BrNO/c17-12-16(9-2-1-3-10-16)13-19-15-6-4-14(5-7-15)8-11-18/h4-7H,1-3,8-10,12-13H2. The molecule has 0 bridgehead atoms. The summed E-state index contributed by atoms with van der Waals surface area (Å²) in [7, 11) is 0. The minimum atomic E-state index is 0.309. The number of benzene rings is 1. The van der Waals surface area contributed by atoms with Crippen LogP contribution >= 0.6 is 15.9 Å². The van der Waals surface area contributed by atoms with Crippen LogP contribution in [0, 0.1) is 16.7 Å². The van der Waals surface area contributed by atoms with Crippen LogP contribution in [-0.2, 0) is 6.42 Å². The number of rotatable bonds is 5. The van der Waals surface area contributed by atoms with Crippen molar-refractivity contribution in [2.24, 2.45) is 5.41 Å². The van der Waals surface area contributed by atoms with Gasteiger partial charge in [-0.2, -0.15) is 5.26 Å². The van der Waals surface area contributed by atoms with Gasteiger partial charge in [0.1, 0.15) is 5.75 Å². The van der Waals surface area contributed by atoms with Crippen LogP contribution in [0.1, 0.15) is 37.7 Å². The van der Waals surface area contributed by atoms with Crippen molar-refractivity contribution in [1.82, 2.24) is 0 Å². The SMILES string of the molecule is N#CCc1ccc(OCC2(CBr)CCCCC2)cc1. The van der Waals surface area contributed by atoms with Gasteiger partial charge in [0.2, 0.25) is 0 Å². The lowest BCUT2D eigenvalue weighted by molar-refractivity contribution is 0.122. The highest BCUT2D eigenvalue weighted by atomic mass is 79.9. The lowest BCUT2D eigenvalue weighted by atomic mass is 9.76. The van der Waals surface area contributed by atoms with E-state index in [0.717, 1.165) is 23.2 Å². The van der Waals surface area contributed by atoms with Gasteiger partial charge in [-0.05, 0) is 30.5 Å². The molecule has 1 aliphatic carbocycles. The highest BCUT2D eigenvalue weighted by Gasteiger charge is 2.31. The van der Waals surface area contributed by atoms with Crippen LogP contribution in [0.4, 0.5) is 0 Å². The second-order valence-corrected chi connectivity index (χ2v) is 6.02. The molecular weight excluding hydrogens is 302 g/mol. The van der Waals surface area contributed by atoms with Gasteiger partial charge < -0.3 is 4.74 Å². The van der Waals surface area contributed by atoms with Crippen molar-refractivity contribution in [3.05, 3.63) is 29.8 Å². The van der Waals surface area contributed by atoms with Gasteiger partial charge >= 0.3 is 0 Å². The molecule has 2 rings (SSSR count). The fourth-order valence-corrected chi connectivity index (χ4v) is 3.37. The minimum Gasteiger partial charge on any atom is -0.493 e. The molecule has 3 heteroatoms. The molecule has 0 N–H and O–H groups in total. The topological polar surface area (TPSA) is 33.0 Å². The molecule has 1 saturated carbocycles. The molecule has 0 aliphatic heterocycles. The summed E-state index contributed by atoms with van der Waals surface area (Å²) in [5, 5.41) is 9.66. The summed E-state index contributed by atoms with van der Waals surface area (Å²) in [5.74, 6) is 0.910. The number of alkyl halides is 1. The van der Waals surface area contributed by atoms with Crippen LogP contribution in [0.2, 0.25) is 0 Å². The van der Waals surface area contributed by atoms with Crippen molar-refractivity contribution in [3.63, 3.8) is 0 Å². The number of hydrogen-bond donors (Lipinski definition) is 0. The van der Waals surface area contributed by atoms with Gasteiger partial charge in [0, 0.05) is 10.7 Å². The largest absolute Gasteiger partial charge is 0.493 e. The Bertz CT molecular complexity index is 429. The predicted molar refractivity (Wildman–Crippen MR) is 80.6 cm³/mol. The lowest BCUT2D eigenvalue weighted by Gasteiger charge is -2.35. The van der Waals surface area contributed by atoms with E-state index in [1.807, 2.05) is 24.3 Å². The molecule has 102 valence electrons. The zero-order chi connectivity index (χ0) is 13.6. The van der Waals surface area contributed by atoms with Gasteiger partial charge in [0.25, 0.3) is 0 Å². The molecule has 1 aromatic carbocycles. The second kappa shape index (κ2) is 6.96. The molecule has 0 heterocycles. The Labute approximate surface area is 123 Å². The first-order valence-electron chi connectivity index (χ1n) is 6.93.